The van der Waals surface area contributed by atoms with E-state index in [1.54, 1.807) is 0 Å². The van der Waals surface area contributed by atoms with Gasteiger partial charge in [0.1, 0.15) is 0 Å². The number of carbonyl (C=O) groups is 1. The van der Waals surface area contributed by atoms with Gasteiger partial charge in [-0.15, -0.1) is 0 Å². The fourth-order valence-electron chi connectivity index (χ4n) is 3.33. The van der Waals surface area contributed by atoms with Crippen molar-refractivity contribution in [2.45, 2.75) is 47.0 Å². The van der Waals surface area contributed by atoms with Crippen LogP contribution in [0.2, 0.25) is 0 Å². The zero-order valence-corrected chi connectivity index (χ0v) is 11.9. The molecular weight excluding hydrogens is 222 g/mol. The Hall–Kier alpha value is -1.18. The quantitative estimate of drug-likeness (QED) is 0.738. The second kappa shape index (κ2) is 5.21. The third kappa shape index (κ3) is 2.80. The van der Waals surface area contributed by atoms with Crippen LogP contribution in [0, 0.1) is 31.6 Å². The van der Waals surface area contributed by atoms with E-state index in [0.29, 0.717) is 17.6 Å². The molecule has 1 heterocycles. The van der Waals surface area contributed by atoms with Crippen LogP contribution in [0.1, 0.15) is 54.9 Å². The van der Waals surface area contributed by atoms with Gasteiger partial charge in [0.2, 0.25) is 0 Å². The molecule has 0 N–H and O–H groups in total. The van der Waals surface area contributed by atoms with Crippen LogP contribution in [0.5, 0.6) is 0 Å². The van der Waals surface area contributed by atoms with Gasteiger partial charge in [-0.2, -0.15) is 0 Å². The number of pyridine rings is 1. The summed E-state index contributed by atoms with van der Waals surface area (Å²) in [6, 6.07) is 3.89. The van der Waals surface area contributed by atoms with Crippen molar-refractivity contribution in [1.29, 1.82) is 0 Å². The van der Waals surface area contributed by atoms with Crippen LogP contribution < -0.4 is 0 Å². The molecular formula is C16H23NO. The van der Waals surface area contributed by atoms with E-state index in [-0.39, 0.29) is 5.92 Å². The lowest BCUT2D eigenvalue weighted by Crippen LogP contribution is -2.26. The number of hydrogen-bond acceptors (Lipinski definition) is 2. The van der Waals surface area contributed by atoms with Crippen molar-refractivity contribution < 1.29 is 4.79 Å². The summed E-state index contributed by atoms with van der Waals surface area (Å²) in [7, 11) is 0. The molecule has 1 aliphatic carbocycles. The van der Waals surface area contributed by atoms with Gasteiger partial charge in [0.05, 0.1) is 0 Å². The Kier molecular flexibility index (Phi) is 3.84. The summed E-state index contributed by atoms with van der Waals surface area (Å²) >= 11 is 0. The normalized spacial score (nSPS) is 28.1. The van der Waals surface area contributed by atoms with E-state index in [9.17, 15) is 4.79 Å². The summed E-state index contributed by atoms with van der Waals surface area (Å²) in [5, 5.41) is 0. The van der Waals surface area contributed by atoms with Crippen molar-refractivity contribution in [2.75, 3.05) is 0 Å². The molecule has 1 fully saturated rings. The van der Waals surface area contributed by atoms with Crippen molar-refractivity contribution in [1.82, 2.24) is 4.98 Å². The number of aromatic nitrogens is 1. The standard InChI is InChI=1S/C16H23NO/c1-10-7-11(2)9-14(8-10)16(18)15-6-5-12(3)17-13(15)4/h5-6,10-11,14H,7-9H2,1-4H3. The Morgan fingerprint density at radius 1 is 1.11 bits per heavy atom. The first-order valence-electron chi connectivity index (χ1n) is 6.95. The molecule has 18 heavy (non-hydrogen) atoms. The molecule has 0 radical (unpaired) electrons. The Balaban J connectivity index is 2.20. The van der Waals surface area contributed by atoms with Crippen molar-refractivity contribution >= 4 is 5.78 Å². The molecule has 1 saturated carbocycles. The molecule has 0 bridgehead atoms. The Labute approximate surface area is 110 Å². The Morgan fingerprint density at radius 2 is 1.72 bits per heavy atom. The number of ketones is 1. The number of hydrogen-bond donors (Lipinski definition) is 0. The van der Waals surface area contributed by atoms with Crippen LogP contribution in [0.15, 0.2) is 12.1 Å². The highest BCUT2D eigenvalue weighted by Crippen LogP contribution is 2.34. The fraction of sp³-hybridized carbons (Fsp3) is 0.625. The van der Waals surface area contributed by atoms with Gasteiger partial charge in [0.15, 0.2) is 5.78 Å². The second-order valence-corrected chi connectivity index (χ2v) is 6.06. The van der Waals surface area contributed by atoms with E-state index in [2.05, 4.69) is 18.8 Å². The number of aryl methyl sites for hydroxylation is 2. The zero-order valence-electron chi connectivity index (χ0n) is 11.9. The largest absolute Gasteiger partial charge is 0.294 e. The Morgan fingerprint density at radius 3 is 2.28 bits per heavy atom. The van der Waals surface area contributed by atoms with E-state index >= 15 is 0 Å². The molecule has 2 atom stereocenters. The van der Waals surface area contributed by atoms with Crippen molar-refractivity contribution in [3.63, 3.8) is 0 Å². The smallest absolute Gasteiger partial charge is 0.167 e. The summed E-state index contributed by atoms with van der Waals surface area (Å²) in [6.07, 6.45) is 3.34. The molecule has 98 valence electrons. The van der Waals surface area contributed by atoms with E-state index in [0.717, 1.165) is 29.8 Å². The molecule has 2 nitrogen and oxygen atoms in total. The van der Waals surface area contributed by atoms with Crippen LogP contribution in [-0.2, 0) is 0 Å². The summed E-state index contributed by atoms with van der Waals surface area (Å²) in [6.45, 7) is 8.42. The SMILES string of the molecule is Cc1ccc(C(=O)C2CC(C)CC(C)C2)c(C)n1. The fourth-order valence-corrected chi connectivity index (χ4v) is 3.33. The van der Waals surface area contributed by atoms with Gasteiger partial charge in [-0.1, -0.05) is 13.8 Å². The van der Waals surface area contributed by atoms with Crippen LogP contribution >= 0.6 is 0 Å². The van der Waals surface area contributed by atoms with Gasteiger partial charge < -0.3 is 0 Å². The third-order valence-corrected chi connectivity index (χ3v) is 4.04. The highest BCUT2D eigenvalue weighted by atomic mass is 16.1. The van der Waals surface area contributed by atoms with Gasteiger partial charge >= 0.3 is 0 Å². The lowest BCUT2D eigenvalue weighted by Gasteiger charge is -2.30. The summed E-state index contributed by atoms with van der Waals surface area (Å²) < 4.78 is 0. The molecule has 0 aromatic carbocycles. The first-order chi connectivity index (χ1) is 8.47. The number of nitrogens with zero attached hydrogens (tertiary/aromatic N) is 1. The third-order valence-electron chi connectivity index (χ3n) is 4.04. The summed E-state index contributed by atoms with van der Waals surface area (Å²) in [5.41, 5.74) is 2.69. The number of rotatable bonds is 2. The second-order valence-electron chi connectivity index (χ2n) is 6.06. The van der Waals surface area contributed by atoms with Gasteiger partial charge in [-0.25, -0.2) is 0 Å². The lowest BCUT2D eigenvalue weighted by atomic mass is 9.74. The maximum atomic E-state index is 12.6. The van der Waals surface area contributed by atoms with Crippen LogP contribution in [0.25, 0.3) is 0 Å². The highest BCUT2D eigenvalue weighted by Gasteiger charge is 2.30. The van der Waals surface area contributed by atoms with Crippen molar-refractivity contribution in [3.05, 3.63) is 29.1 Å². The van der Waals surface area contributed by atoms with E-state index < -0.39 is 0 Å². The minimum absolute atomic E-state index is 0.201. The average Bonchev–Trinajstić information content (AvgIpc) is 2.26. The zero-order chi connectivity index (χ0) is 13.3. The van der Waals surface area contributed by atoms with Crippen molar-refractivity contribution in [3.8, 4) is 0 Å². The van der Waals surface area contributed by atoms with E-state index in [4.69, 9.17) is 0 Å². The van der Waals surface area contributed by atoms with Gasteiger partial charge in [0.25, 0.3) is 0 Å². The monoisotopic (exact) mass is 245 g/mol. The maximum absolute atomic E-state index is 12.6. The maximum Gasteiger partial charge on any atom is 0.167 e. The molecule has 2 rings (SSSR count). The van der Waals surface area contributed by atoms with Crippen LogP contribution in [0.4, 0.5) is 0 Å². The minimum Gasteiger partial charge on any atom is -0.294 e. The molecule has 0 amide bonds. The van der Waals surface area contributed by atoms with Crippen molar-refractivity contribution in [2.24, 2.45) is 17.8 Å². The molecule has 0 saturated heterocycles. The topological polar surface area (TPSA) is 30.0 Å². The summed E-state index contributed by atoms with van der Waals surface area (Å²) in [5.74, 6) is 1.84. The van der Waals surface area contributed by atoms with Gasteiger partial charge in [-0.3, -0.25) is 9.78 Å². The van der Waals surface area contributed by atoms with Gasteiger partial charge in [-0.05, 0) is 57.1 Å². The predicted molar refractivity (Wildman–Crippen MR) is 73.7 cm³/mol. The molecule has 1 aromatic heterocycles. The molecule has 2 heteroatoms. The first kappa shape index (κ1) is 13.3. The number of Topliss-reactive ketones (excluding diaryl/α,β-unsaturated/α-hetero) is 1. The molecule has 0 aliphatic heterocycles. The average molecular weight is 245 g/mol. The van der Waals surface area contributed by atoms with Crippen LogP contribution in [-0.4, -0.2) is 10.8 Å². The molecule has 2 unspecified atom stereocenters. The van der Waals surface area contributed by atoms with Gasteiger partial charge in [0, 0.05) is 22.9 Å². The highest BCUT2D eigenvalue weighted by molar-refractivity contribution is 5.98. The first-order valence-corrected chi connectivity index (χ1v) is 6.95. The molecule has 1 aliphatic rings. The molecule has 0 spiro atoms. The predicted octanol–water partition coefficient (Wildman–Crippen LogP) is 3.95. The minimum atomic E-state index is 0.201. The van der Waals surface area contributed by atoms with E-state index in [1.165, 1.54) is 6.42 Å². The lowest BCUT2D eigenvalue weighted by molar-refractivity contribution is 0.0835. The summed E-state index contributed by atoms with van der Waals surface area (Å²) in [4.78, 5) is 17.0. The molecule has 1 aromatic rings. The Bertz CT molecular complexity index is 442. The van der Waals surface area contributed by atoms with Crippen LogP contribution in [0.3, 0.4) is 0 Å². The van der Waals surface area contributed by atoms with E-state index in [1.807, 2.05) is 26.0 Å². The number of carbonyl (C=O) groups excluding carboxylic acids is 1.